The van der Waals surface area contributed by atoms with Gasteiger partial charge in [-0.25, -0.2) is 8.42 Å². The Balaban J connectivity index is 1.86. The Kier molecular flexibility index (Phi) is 3.79. The zero-order chi connectivity index (χ0) is 15.0. The van der Waals surface area contributed by atoms with Gasteiger partial charge in [-0.05, 0) is 25.1 Å². The van der Waals surface area contributed by atoms with E-state index in [1.807, 2.05) is 0 Å². The lowest BCUT2D eigenvalue weighted by Crippen LogP contribution is -2.60. The minimum atomic E-state index is -3.06. The molecule has 116 valence electrons. The molecule has 0 unspecified atom stereocenters. The van der Waals surface area contributed by atoms with Gasteiger partial charge in [0.15, 0.2) is 9.84 Å². The predicted octanol–water partition coefficient (Wildman–Crippen LogP) is 0.348. The molecule has 3 heterocycles. The van der Waals surface area contributed by atoms with Crippen molar-refractivity contribution < 1.29 is 13.2 Å². The van der Waals surface area contributed by atoms with Gasteiger partial charge in [0.25, 0.3) is 5.91 Å². The number of nitrogens with zero attached hydrogens (tertiary/aromatic N) is 2. The summed E-state index contributed by atoms with van der Waals surface area (Å²) in [6, 6.07) is 3.25. The molecule has 1 amide bonds. The van der Waals surface area contributed by atoms with E-state index >= 15 is 0 Å². The maximum atomic E-state index is 12.6. The van der Waals surface area contributed by atoms with Crippen molar-refractivity contribution in [3.05, 3.63) is 24.0 Å². The van der Waals surface area contributed by atoms with Crippen molar-refractivity contribution in [2.45, 2.75) is 25.4 Å². The Hall–Kier alpha value is -1.34. The number of hydrogen-bond donors (Lipinski definition) is 1. The summed E-state index contributed by atoms with van der Waals surface area (Å²) in [6.45, 7) is 4.32. The summed E-state index contributed by atoms with van der Waals surface area (Å²) >= 11 is 0. The Morgan fingerprint density at radius 3 is 2.76 bits per heavy atom. The largest absolute Gasteiger partial charge is 0.357 e. The van der Waals surface area contributed by atoms with Crippen LogP contribution in [0.25, 0.3) is 0 Å². The first-order chi connectivity index (χ1) is 10.0. The van der Waals surface area contributed by atoms with E-state index in [4.69, 9.17) is 0 Å². The first-order valence-electron chi connectivity index (χ1n) is 7.40. The second-order valence-electron chi connectivity index (χ2n) is 5.83. The van der Waals surface area contributed by atoms with E-state index in [0.29, 0.717) is 12.2 Å². The van der Waals surface area contributed by atoms with Gasteiger partial charge in [-0.3, -0.25) is 9.69 Å². The van der Waals surface area contributed by atoms with Crippen molar-refractivity contribution in [1.29, 1.82) is 0 Å². The van der Waals surface area contributed by atoms with Gasteiger partial charge >= 0.3 is 0 Å². The van der Waals surface area contributed by atoms with Crippen molar-refractivity contribution in [2.24, 2.45) is 0 Å². The summed E-state index contributed by atoms with van der Waals surface area (Å²) in [5.74, 6) is 0.166. The third kappa shape index (κ3) is 2.72. The fraction of sp³-hybridized carbons (Fsp3) is 0.643. The van der Waals surface area contributed by atoms with Gasteiger partial charge < -0.3 is 9.88 Å². The third-order valence-corrected chi connectivity index (χ3v) is 6.09. The Morgan fingerprint density at radius 2 is 2.10 bits per heavy atom. The van der Waals surface area contributed by atoms with Crippen LogP contribution in [0.15, 0.2) is 18.3 Å². The molecule has 0 spiro atoms. The number of hydrogen-bond acceptors (Lipinski definition) is 4. The molecule has 6 nitrogen and oxygen atoms in total. The van der Waals surface area contributed by atoms with E-state index < -0.39 is 9.84 Å². The smallest absolute Gasteiger partial charge is 0.270 e. The van der Waals surface area contributed by atoms with Crippen LogP contribution in [0.4, 0.5) is 0 Å². The summed E-state index contributed by atoms with van der Waals surface area (Å²) in [7, 11) is -3.06. The number of fused-ring (bicyclic) bond motifs is 1. The maximum Gasteiger partial charge on any atom is 0.270 e. The number of rotatable bonds is 3. The molecule has 0 aromatic carbocycles. The van der Waals surface area contributed by atoms with E-state index in [-0.39, 0.29) is 29.5 Å². The monoisotopic (exact) mass is 311 g/mol. The fourth-order valence-electron chi connectivity index (χ4n) is 3.46. The average molecular weight is 311 g/mol. The summed E-state index contributed by atoms with van der Waals surface area (Å²) in [5.41, 5.74) is 0.530. The van der Waals surface area contributed by atoms with Crippen LogP contribution in [-0.2, 0) is 9.84 Å². The molecule has 2 fully saturated rings. The molecule has 21 heavy (non-hydrogen) atoms. The molecule has 0 aliphatic carbocycles. The van der Waals surface area contributed by atoms with Crippen LogP contribution in [0.5, 0.6) is 0 Å². The number of H-pyrrole nitrogens is 1. The second kappa shape index (κ2) is 5.46. The van der Waals surface area contributed by atoms with Crippen molar-refractivity contribution in [1.82, 2.24) is 14.8 Å². The Bertz CT molecular complexity index is 611. The zero-order valence-corrected chi connectivity index (χ0v) is 13.0. The van der Waals surface area contributed by atoms with Crippen LogP contribution in [0.1, 0.15) is 23.8 Å². The van der Waals surface area contributed by atoms with Crippen molar-refractivity contribution >= 4 is 15.7 Å². The van der Waals surface area contributed by atoms with E-state index in [1.165, 1.54) is 0 Å². The molecule has 2 aliphatic heterocycles. The van der Waals surface area contributed by atoms with Gasteiger partial charge in [0, 0.05) is 25.3 Å². The van der Waals surface area contributed by atoms with Gasteiger partial charge in [-0.2, -0.15) is 0 Å². The maximum absolute atomic E-state index is 12.6. The predicted molar refractivity (Wildman–Crippen MR) is 79.9 cm³/mol. The lowest BCUT2D eigenvalue weighted by Gasteiger charge is -2.43. The van der Waals surface area contributed by atoms with Crippen molar-refractivity contribution in [2.75, 3.05) is 31.1 Å². The minimum absolute atomic E-state index is 0.0531. The molecule has 0 radical (unpaired) electrons. The molecule has 0 saturated carbocycles. The molecule has 7 heteroatoms. The van der Waals surface area contributed by atoms with E-state index in [9.17, 15) is 13.2 Å². The van der Waals surface area contributed by atoms with Crippen LogP contribution in [0.2, 0.25) is 0 Å². The van der Waals surface area contributed by atoms with Gasteiger partial charge in [0.1, 0.15) is 5.69 Å². The Labute approximate surface area is 125 Å². The minimum Gasteiger partial charge on any atom is -0.357 e. The highest BCUT2D eigenvalue weighted by Gasteiger charge is 2.47. The number of carbonyl (C=O) groups excluding carboxylic acids is 1. The molecule has 2 aliphatic rings. The normalized spacial score (nSPS) is 28.5. The number of carbonyl (C=O) groups is 1. The molecule has 2 saturated heterocycles. The molecule has 1 aromatic rings. The lowest BCUT2D eigenvalue weighted by atomic mass is 10.0. The topological polar surface area (TPSA) is 73.5 Å². The van der Waals surface area contributed by atoms with Gasteiger partial charge in [0.2, 0.25) is 0 Å². The van der Waals surface area contributed by atoms with Crippen LogP contribution in [0.3, 0.4) is 0 Å². The number of aromatic nitrogens is 1. The number of piperazine rings is 1. The highest BCUT2D eigenvalue weighted by atomic mass is 32.2. The van der Waals surface area contributed by atoms with Crippen molar-refractivity contribution in [3.63, 3.8) is 0 Å². The quantitative estimate of drug-likeness (QED) is 0.874. The number of amides is 1. The first-order valence-corrected chi connectivity index (χ1v) is 9.23. The molecule has 1 N–H and O–H groups in total. The molecular formula is C14H21N3O3S. The second-order valence-corrected chi connectivity index (χ2v) is 7.98. The van der Waals surface area contributed by atoms with Gasteiger partial charge in [0.05, 0.1) is 17.5 Å². The highest BCUT2D eigenvalue weighted by Crippen LogP contribution is 2.28. The lowest BCUT2D eigenvalue weighted by molar-refractivity contribution is 0.0329. The van der Waals surface area contributed by atoms with Gasteiger partial charge in [-0.1, -0.05) is 6.92 Å². The van der Waals surface area contributed by atoms with Gasteiger partial charge in [-0.15, -0.1) is 0 Å². The summed E-state index contributed by atoms with van der Waals surface area (Å²) in [4.78, 5) is 19.5. The molecular weight excluding hydrogens is 290 g/mol. The summed E-state index contributed by atoms with van der Waals surface area (Å²) < 4.78 is 24.1. The third-order valence-electron chi connectivity index (χ3n) is 4.39. The van der Waals surface area contributed by atoms with Crippen LogP contribution in [-0.4, -0.2) is 72.3 Å². The van der Waals surface area contributed by atoms with Crippen LogP contribution in [0, 0.1) is 0 Å². The van der Waals surface area contributed by atoms with Crippen molar-refractivity contribution in [3.8, 4) is 0 Å². The van der Waals surface area contributed by atoms with E-state index in [1.54, 1.807) is 23.2 Å². The molecule has 1 aromatic heterocycles. The van der Waals surface area contributed by atoms with E-state index in [2.05, 4.69) is 16.8 Å². The standard InChI is InChI=1S/C14H21N3O3S/c1-2-6-16-7-8-17(14(18)11-4-3-5-15-11)13-10-21(19,20)9-12(13)16/h3-5,12-13,15H,2,6-10H2,1H3/t12-,13+/m0/s1. The Morgan fingerprint density at radius 1 is 1.33 bits per heavy atom. The van der Waals surface area contributed by atoms with E-state index in [0.717, 1.165) is 19.5 Å². The first kappa shape index (κ1) is 14.6. The fourth-order valence-corrected chi connectivity index (χ4v) is 5.47. The van der Waals surface area contributed by atoms with Crippen LogP contribution < -0.4 is 0 Å². The number of nitrogens with one attached hydrogen (secondary N) is 1. The average Bonchev–Trinajstić information content (AvgIpc) is 3.05. The molecule has 0 bridgehead atoms. The highest BCUT2D eigenvalue weighted by molar-refractivity contribution is 7.91. The number of aromatic amines is 1. The zero-order valence-electron chi connectivity index (χ0n) is 12.2. The van der Waals surface area contributed by atoms with Crippen LogP contribution >= 0.6 is 0 Å². The SMILES string of the molecule is CCCN1CCN(C(=O)c2ccc[nH]2)[C@@H]2CS(=O)(=O)C[C@@H]21. The molecule has 3 rings (SSSR count). The molecule has 2 atom stereocenters. The summed E-state index contributed by atoms with van der Waals surface area (Å²) in [6.07, 6.45) is 2.71. The number of sulfone groups is 1. The summed E-state index contributed by atoms with van der Waals surface area (Å²) in [5, 5.41) is 0.